The molecule has 0 bridgehead atoms. The molecule has 1 fully saturated rings. The smallest absolute Gasteiger partial charge is 0.129 e. The third-order valence-electron chi connectivity index (χ3n) is 4.33. The summed E-state index contributed by atoms with van der Waals surface area (Å²) in [7, 11) is 3.43. The minimum absolute atomic E-state index is 0.118. The van der Waals surface area contributed by atoms with Crippen LogP contribution in [0.5, 0.6) is 11.5 Å². The zero-order valence-electron chi connectivity index (χ0n) is 11.8. The van der Waals surface area contributed by atoms with Gasteiger partial charge in [0.25, 0.3) is 0 Å². The molecule has 2 rings (SSSR count). The Morgan fingerprint density at radius 3 is 2.28 bits per heavy atom. The first-order valence-corrected chi connectivity index (χ1v) is 6.52. The van der Waals surface area contributed by atoms with Crippen LogP contribution in [-0.2, 0) is 5.41 Å². The van der Waals surface area contributed by atoms with Crippen molar-refractivity contribution in [2.75, 3.05) is 20.8 Å². The van der Waals surface area contributed by atoms with Gasteiger partial charge in [-0.15, -0.1) is 0 Å². The van der Waals surface area contributed by atoms with E-state index in [4.69, 9.17) is 15.2 Å². The van der Waals surface area contributed by atoms with Crippen molar-refractivity contribution in [2.45, 2.75) is 38.5 Å². The van der Waals surface area contributed by atoms with E-state index in [1.165, 1.54) is 17.5 Å². The van der Waals surface area contributed by atoms with Crippen molar-refractivity contribution in [1.82, 2.24) is 0 Å². The number of rotatable bonds is 4. The van der Waals surface area contributed by atoms with Crippen molar-refractivity contribution in [1.29, 1.82) is 0 Å². The van der Waals surface area contributed by atoms with E-state index in [1.54, 1.807) is 14.2 Å². The molecular formula is C15H23NO2. The molecule has 0 spiro atoms. The van der Waals surface area contributed by atoms with Crippen LogP contribution in [0.1, 0.15) is 36.0 Å². The minimum atomic E-state index is 0.118. The quantitative estimate of drug-likeness (QED) is 0.892. The van der Waals surface area contributed by atoms with Gasteiger partial charge in [-0.1, -0.05) is 6.42 Å². The molecular weight excluding hydrogens is 226 g/mol. The number of methoxy groups -OCH3 is 2. The lowest BCUT2D eigenvalue weighted by atomic mass is 9.63. The number of hydrogen-bond donors (Lipinski definition) is 1. The Kier molecular flexibility index (Phi) is 3.53. The highest BCUT2D eigenvalue weighted by molar-refractivity contribution is 5.57. The second kappa shape index (κ2) is 4.81. The van der Waals surface area contributed by atoms with Gasteiger partial charge in [-0.3, -0.25) is 0 Å². The largest absolute Gasteiger partial charge is 0.496 e. The van der Waals surface area contributed by atoms with Crippen LogP contribution in [0.15, 0.2) is 6.07 Å². The van der Waals surface area contributed by atoms with E-state index in [9.17, 15) is 0 Å². The first kappa shape index (κ1) is 13.2. The Morgan fingerprint density at radius 1 is 1.22 bits per heavy atom. The molecule has 0 atom stereocenters. The first-order chi connectivity index (χ1) is 8.59. The Balaban J connectivity index is 2.63. The van der Waals surface area contributed by atoms with Gasteiger partial charge >= 0.3 is 0 Å². The third kappa shape index (κ3) is 1.77. The van der Waals surface area contributed by atoms with E-state index in [0.717, 1.165) is 29.9 Å². The van der Waals surface area contributed by atoms with Gasteiger partial charge in [0.2, 0.25) is 0 Å². The summed E-state index contributed by atoms with van der Waals surface area (Å²) >= 11 is 0. The fourth-order valence-electron chi connectivity index (χ4n) is 3.14. The monoisotopic (exact) mass is 249 g/mol. The molecule has 0 aromatic heterocycles. The van der Waals surface area contributed by atoms with E-state index in [-0.39, 0.29) is 5.41 Å². The van der Waals surface area contributed by atoms with Crippen LogP contribution in [0.3, 0.4) is 0 Å². The molecule has 100 valence electrons. The van der Waals surface area contributed by atoms with Gasteiger partial charge in [0.15, 0.2) is 0 Å². The number of ether oxygens (including phenoxy) is 2. The Morgan fingerprint density at radius 2 is 1.89 bits per heavy atom. The number of aryl methyl sites for hydroxylation is 1. The Bertz CT molecular complexity index is 445. The van der Waals surface area contributed by atoms with Crippen LogP contribution >= 0.6 is 0 Å². The molecule has 0 heterocycles. The SMILES string of the molecule is COc1cc(C)c(C2(CN)CCC2)c(OC)c1C. The highest BCUT2D eigenvalue weighted by Gasteiger charge is 2.41. The molecule has 1 aliphatic carbocycles. The van der Waals surface area contributed by atoms with Gasteiger partial charge < -0.3 is 15.2 Å². The standard InChI is InChI=1S/C15H23NO2/c1-10-8-12(17-3)11(2)14(18-4)13(10)15(9-16)6-5-7-15/h8H,5-7,9,16H2,1-4H3. The van der Waals surface area contributed by atoms with E-state index >= 15 is 0 Å². The Hall–Kier alpha value is -1.22. The molecule has 0 amide bonds. The lowest BCUT2D eigenvalue weighted by Gasteiger charge is -2.43. The molecule has 3 nitrogen and oxygen atoms in total. The molecule has 0 unspecified atom stereocenters. The zero-order chi connectivity index (χ0) is 13.3. The molecule has 2 N–H and O–H groups in total. The number of hydrogen-bond acceptors (Lipinski definition) is 3. The summed E-state index contributed by atoms with van der Waals surface area (Å²) in [5.41, 5.74) is 9.73. The van der Waals surface area contributed by atoms with Crippen LogP contribution in [0.4, 0.5) is 0 Å². The summed E-state index contributed by atoms with van der Waals surface area (Å²) in [5.74, 6) is 1.84. The van der Waals surface area contributed by atoms with Crippen LogP contribution in [0, 0.1) is 13.8 Å². The van der Waals surface area contributed by atoms with Gasteiger partial charge in [-0.2, -0.15) is 0 Å². The lowest BCUT2D eigenvalue weighted by Crippen LogP contribution is -2.42. The molecule has 1 aliphatic rings. The summed E-state index contributed by atoms with van der Waals surface area (Å²) < 4.78 is 11.1. The summed E-state index contributed by atoms with van der Waals surface area (Å²) in [6.45, 7) is 4.86. The topological polar surface area (TPSA) is 44.5 Å². The molecule has 1 saturated carbocycles. The highest BCUT2D eigenvalue weighted by atomic mass is 16.5. The number of nitrogens with two attached hydrogens (primary N) is 1. The van der Waals surface area contributed by atoms with Gasteiger partial charge in [-0.25, -0.2) is 0 Å². The fraction of sp³-hybridized carbons (Fsp3) is 0.600. The van der Waals surface area contributed by atoms with Crippen LogP contribution in [-0.4, -0.2) is 20.8 Å². The minimum Gasteiger partial charge on any atom is -0.496 e. The van der Waals surface area contributed by atoms with Crippen molar-refractivity contribution >= 4 is 0 Å². The molecule has 18 heavy (non-hydrogen) atoms. The molecule has 0 radical (unpaired) electrons. The van der Waals surface area contributed by atoms with E-state index in [2.05, 4.69) is 13.0 Å². The third-order valence-corrected chi connectivity index (χ3v) is 4.33. The average Bonchev–Trinajstić information content (AvgIpc) is 2.32. The summed E-state index contributed by atoms with van der Waals surface area (Å²) in [6, 6.07) is 2.10. The predicted molar refractivity (Wildman–Crippen MR) is 73.6 cm³/mol. The zero-order valence-corrected chi connectivity index (χ0v) is 11.8. The van der Waals surface area contributed by atoms with Crippen molar-refractivity contribution in [3.63, 3.8) is 0 Å². The molecule has 0 aliphatic heterocycles. The Labute approximate surface area is 109 Å². The fourth-order valence-corrected chi connectivity index (χ4v) is 3.14. The number of benzene rings is 1. The molecule has 0 saturated heterocycles. The molecule has 1 aromatic rings. The van der Waals surface area contributed by atoms with Crippen molar-refractivity contribution in [3.05, 3.63) is 22.8 Å². The average molecular weight is 249 g/mol. The normalized spacial score (nSPS) is 17.2. The summed E-state index contributed by atoms with van der Waals surface area (Å²) in [6.07, 6.45) is 3.57. The van der Waals surface area contributed by atoms with Gasteiger partial charge in [0.1, 0.15) is 11.5 Å². The molecule has 3 heteroatoms. The van der Waals surface area contributed by atoms with Gasteiger partial charge in [-0.05, 0) is 38.3 Å². The van der Waals surface area contributed by atoms with Crippen LogP contribution in [0.25, 0.3) is 0 Å². The highest BCUT2D eigenvalue weighted by Crippen LogP contribution is 2.50. The van der Waals surface area contributed by atoms with Crippen LogP contribution in [0.2, 0.25) is 0 Å². The first-order valence-electron chi connectivity index (χ1n) is 6.52. The van der Waals surface area contributed by atoms with E-state index in [0.29, 0.717) is 6.54 Å². The van der Waals surface area contributed by atoms with Crippen molar-refractivity contribution < 1.29 is 9.47 Å². The second-order valence-electron chi connectivity index (χ2n) is 5.27. The molecule has 1 aromatic carbocycles. The maximum Gasteiger partial charge on any atom is 0.129 e. The summed E-state index contributed by atoms with van der Waals surface area (Å²) in [4.78, 5) is 0. The maximum atomic E-state index is 6.03. The van der Waals surface area contributed by atoms with E-state index in [1.807, 2.05) is 6.92 Å². The summed E-state index contributed by atoms with van der Waals surface area (Å²) in [5, 5.41) is 0. The van der Waals surface area contributed by atoms with Crippen molar-refractivity contribution in [3.8, 4) is 11.5 Å². The maximum absolute atomic E-state index is 6.03. The van der Waals surface area contributed by atoms with Crippen molar-refractivity contribution in [2.24, 2.45) is 5.73 Å². The van der Waals surface area contributed by atoms with E-state index < -0.39 is 0 Å². The lowest BCUT2D eigenvalue weighted by molar-refractivity contribution is 0.241. The van der Waals surface area contributed by atoms with Crippen LogP contribution < -0.4 is 15.2 Å². The van der Waals surface area contributed by atoms with Gasteiger partial charge in [0.05, 0.1) is 14.2 Å². The second-order valence-corrected chi connectivity index (χ2v) is 5.27. The van der Waals surface area contributed by atoms with Gasteiger partial charge in [0, 0.05) is 23.1 Å². The predicted octanol–water partition coefficient (Wildman–Crippen LogP) is 2.70.